The van der Waals surface area contributed by atoms with Crippen LogP contribution in [0.3, 0.4) is 0 Å². The van der Waals surface area contributed by atoms with Gasteiger partial charge in [0.25, 0.3) is 0 Å². The molecule has 0 saturated carbocycles. The number of rotatable bonds is 3. The Labute approximate surface area is 137 Å². The maximum Gasteiger partial charge on any atom is 0.225 e. The summed E-state index contributed by atoms with van der Waals surface area (Å²) in [5.74, 6) is -0.249. The summed E-state index contributed by atoms with van der Waals surface area (Å²) < 4.78 is 13.9. The monoisotopic (exact) mass is 317 g/mol. The van der Waals surface area contributed by atoms with Crippen molar-refractivity contribution >= 4 is 5.91 Å². The highest BCUT2D eigenvalue weighted by Gasteiger charge is 2.26. The lowest BCUT2D eigenvalue weighted by Crippen LogP contribution is -2.47. The van der Waals surface area contributed by atoms with Crippen LogP contribution in [0.5, 0.6) is 0 Å². The number of nitrogens with one attached hydrogen (secondary N) is 1. The van der Waals surface area contributed by atoms with Crippen LogP contribution in [0.2, 0.25) is 0 Å². The Morgan fingerprint density at radius 3 is 2.57 bits per heavy atom. The molecule has 1 N–H and O–H groups in total. The largest absolute Gasteiger partial charge is 0.353 e. The molecule has 1 saturated heterocycles. The molecule has 2 rings (SSSR count). The first-order valence-corrected chi connectivity index (χ1v) is 8.01. The summed E-state index contributed by atoms with van der Waals surface area (Å²) in [5, 5.41) is 11.9. The van der Waals surface area contributed by atoms with Crippen LogP contribution in [0.4, 0.5) is 4.39 Å². The van der Waals surface area contributed by atoms with Gasteiger partial charge in [-0.25, -0.2) is 4.39 Å². The molecule has 0 bridgehead atoms. The zero-order valence-electron chi connectivity index (χ0n) is 14.0. The van der Waals surface area contributed by atoms with Crippen molar-refractivity contribution in [2.75, 3.05) is 13.1 Å². The van der Waals surface area contributed by atoms with Gasteiger partial charge >= 0.3 is 0 Å². The highest BCUT2D eigenvalue weighted by Crippen LogP contribution is 2.19. The van der Waals surface area contributed by atoms with Crippen LogP contribution >= 0.6 is 0 Å². The fraction of sp³-hybridized carbons (Fsp3) is 0.556. The van der Waals surface area contributed by atoms with Crippen LogP contribution in [0.15, 0.2) is 18.2 Å². The predicted octanol–water partition coefficient (Wildman–Crippen LogP) is 2.82. The average molecular weight is 317 g/mol. The highest BCUT2D eigenvalue weighted by molar-refractivity contribution is 5.81. The molecule has 124 valence electrons. The number of halogens is 1. The van der Waals surface area contributed by atoms with Crippen molar-refractivity contribution in [3.05, 3.63) is 35.1 Å². The van der Waals surface area contributed by atoms with Crippen molar-refractivity contribution in [1.82, 2.24) is 10.2 Å². The summed E-state index contributed by atoms with van der Waals surface area (Å²) in [7, 11) is 0. The molecule has 0 radical (unpaired) electrons. The van der Waals surface area contributed by atoms with Crippen LogP contribution in [-0.4, -0.2) is 29.9 Å². The van der Waals surface area contributed by atoms with Gasteiger partial charge in [0.05, 0.1) is 11.6 Å². The minimum atomic E-state index is -0.372. The zero-order valence-corrected chi connectivity index (χ0v) is 14.0. The molecule has 0 unspecified atom stereocenters. The minimum absolute atomic E-state index is 0.0779. The molecule has 1 fully saturated rings. The molecule has 23 heavy (non-hydrogen) atoms. The van der Waals surface area contributed by atoms with Gasteiger partial charge in [-0.05, 0) is 25.0 Å². The lowest BCUT2D eigenvalue weighted by atomic mass is 9.94. The summed E-state index contributed by atoms with van der Waals surface area (Å²) >= 11 is 0. The van der Waals surface area contributed by atoms with Gasteiger partial charge in [0.2, 0.25) is 5.91 Å². The number of hydrogen-bond donors (Lipinski definition) is 1. The Morgan fingerprint density at radius 2 is 2.04 bits per heavy atom. The third-order valence-electron chi connectivity index (χ3n) is 4.18. The zero-order chi connectivity index (χ0) is 17.0. The molecular formula is C18H24FN3O. The molecular weight excluding hydrogens is 293 g/mol. The Bertz CT molecular complexity index is 608. The van der Waals surface area contributed by atoms with Crippen molar-refractivity contribution in [2.24, 2.45) is 5.41 Å². The van der Waals surface area contributed by atoms with Gasteiger partial charge in [0, 0.05) is 36.7 Å². The van der Waals surface area contributed by atoms with Crippen LogP contribution < -0.4 is 5.32 Å². The molecule has 0 aliphatic carbocycles. The predicted molar refractivity (Wildman–Crippen MR) is 87.0 cm³/mol. The summed E-state index contributed by atoms with van der Waals surface area (Å²) in [5.41, 5.74) is 0.582. The third kappa shape index (κ3) is 4.77. The standard InChI is InChI=1S/C18H24FN3O/c1-18(2,3)17(23)21-15-6-8-22(9-7-15)12-14-5-4-13(11-20)10-16(14)19/h4-5,10,15H,6-9,12H2,1-3H3,(H,21,23). The lowest BCUT2D eigenvalue weighted by Gasteiger charge is -2.33. The second-order valence-corrected chi connectivity index (χ2v) is 7.19. The first-order valence-electron chi connectivity index (χ1n) is 8.01. The molecule has 0 aromatic heterocycles. The maximum atomic E-state index is 13.9. The van der Waals surface area contributed by atoms with Crippen molar-refractivity contribution in [3.63, 3.8) is 0 Å². The molecule has 5 heteroatoms. The SMILES string of the molecule is CC(C)(C)C(=O)NC1CCN(Cc2ccc(C#N)cc2F)CC1. The van der Waals surface area contributed by atoms with Crippen molar-refractivity contribution in [1.29, 1.82) is 5.26 Å². The normalized spacial score (nSPS) is 16.8. The van der Waals surface area contributed by atoms with Crippen LogP contribution in [0, 0.1) is 22.6 Å². The van der Waals surface area contributed by atoms with E-state index in [4.69, 9.17) is 5.26 Å². The quantitative estimate of drug-likeness (QED) is 0.932. The van der Waals surface area contributed by atoms with Crippen molar-refractivity contribution in [2.45, 2.75) is 46.2 Å². The molecule has 1 aliphatic heterocycles. The number of nitriles is 1. The van der Waals surface area contributed by atoms with E-state index in [-0.39, 0.29) is 23.2 Å². The van der Waals surface area contributed by atoms with Gasteiger partial charge in [0.1, 0.15) is 5.82 Å². The number of hydrogen-bond acceptors (Lipinski definition) is 3. The van der Waals surface area contributed by atoms with Gasteiger partial charge in [0.15, 0.2) is 0 Å². The summed E-state index contributed by atoms with van der Waals surface area (Å²) in [4.78, 5) is 14.2. The molecule has 0 atom stereocenters. The molecule has 1 aromatic carbocycles. The van der Waals surface area contributed by atoms with Gasteiger partial charge in [-0.15, -0.1) is 0 Å². The molecule has 1 amide bonds. The van der Waals surface area contributed by atoms with Crippen LogP contribution in [0.1, 0.15) is 44.7 Å². The Hall–Kier alpha value is -1.93. The van der Waals surface area contributed by atoms with Crippen molar-refractivity contribution < 1.29 is 9.18 Å². The second-order valence-electron chi connectivity index (χ2n) is 7.19. The van der Waals surface area contributed by atoms with E-state index in [2.05, 4.69) is 10.2 Å². The van der Waals surface area contributed by atoms with Gasteiger partial charge in [-0.1, -0.05) is 26.8 Å². The molecule has 1 aromatic rings. The fourth-order valence-electron chi connectivity index (χ4n) is 2.62. The van der Waals surface area contributed by atoms with Crippen molar-refractivity contribution in [3.8, 4) is 6.07 Å². The summed E-state index contributed by atoms with van der Waals surface area (Å²) in [6, 6.07) is 6.75. The van der Waals surface area contributed by atoms with Gasteiger partial charge < -0.3 is 5.32 Å². The van der Waals surface area contributed by atoms with E-state index >= 15 is 0 Å². The van der Waals surface area contributed by atoms with E-state index < -0.39 is 0 Å². The number of carbonyl (C=O) groups excluding carboxylic acids is 1. The van der Waals surface area contributed by atoms with E-state index in [1.54, 1.807) is 12.1 Å². The number of benzene rings is 1. The van der Waals surface area contributed by atoms with Crippen LogP contribution in [-0.2, 0) is 11.3 Å². The van der Waals surface area contributed by atoms with Crippen LogP contribution in [0.25, 0.3) is 0 Å². The number of carbonyl (C=O) groups is 1. The fourth-order valence-corrected chi connectivity index (χ4v) is 2.62. The van der Waals surface area contributed by atoms with Gasteiger partial charge in [-0.3, -0.25) is 9.69 Å². The summed E-state index contributed by atoms with van der Waals surface area (Å²) in [6.45, 7) is 7.92. The Kier molecular flexibility index (Phi) is 5.38. The van der Waals surface area contributed by atoms with E-state index in [0.717, 1.165) is 25.9 Å². The van der Waals surface area contributed by atoms with E-state index in [1.165, 1.54) is 6.07 Å². The molecule has 4 nitrogen and oxygen atoms in total. The third-order valence-corrected chi connectivity index (χ3v) is 4.18. The number of piperidine rings is 1. The topological polar surface area (TPSA) is 56.1 Å². The second kappa shape index (κ2) is 7.10. The maximum absolute atomic E-state index is 13.9. The molecule has 1 aliphatic rings. The first-order chi connectivity index (χ1) is 10.8. The highest BCUT2D eigenvalue weighted by atomic mass is 19.1. The number of amides is 1. The minimum Gasteiger partial charge on any atom is -0.353 e. The van der Waals surface area contributed by atoms with Gasteiger partial charge in [-0.2, -0.15) is 5.26 Å². The number of likely N-dealkylation sites (tertiary alicyclic amines) is 1. The average Bonchev–Trinajstić information content (AvgIpc) is 2.50. The Morgan fingerprint density at radius 1 is 1.39 bits per heavy atom. The van der Waals surface area contributed by atoms with E-state index in [0.29, 0.717) is 17.7 Å². The van der Waals surface area contributed by atoms with E-state index in [9.17, 15) is 9.18 Å². The first kappa shape index (κ1) is 17.4. The van der Waals surface area contributed by atoms with E-state index in [1.807, 2.05) is 26.8 Å². The smallest absolute Gasteiger partial charge is 0.225 e. The number of nitrogens with zero attached hydrogens (tertiary/aromatic N) is 2. The summed E-state index contributed by atoms with van der Waals surface area (Å²) in [6.07, 6.45) is 1.75. The molecule has 1 heterocycles. The Balaban J connectivity index is 1.86. The molecule has 0 spiro atoms. The lowest BCUT2D eigenvalue weighted by molar-refractivity contribution is -0.129.